The molecule has 4 N–H and O–H groups in total. The van der Waals surface area contributed by atoms with Gasteiger partial charge in [0.1, 0.15) is 57.3 Å². The standard InChI is InChI=1S/C19H17FN4.C18H16N2OS.C17H13FN4.C17H12FN3.C17H14N4.C16H15N3.C14H13N3/c1-12-8-13-6-7-24(17(13)11-21-12)18-9-15-14(10-22-18)4-5-16(20)19(15)23(2)3;1-13-7-8-14(12-19-13)5-3-4-6-18-20-16-10-9-15(21-2)11-17(16)22-18;1-10-6-11-4-5-22(15(11)9-20-10)16-7-13-12(8-21-16)2-3-14(18)17(13)19;1-11-6-12-4-5-21(16(12)10-19-11)17-8-14-7-15(18)3-2-13(14)9-20-17;1-11-7-12-5-6-21(16(12)10-19-11)17-8-14-13(9-20-17)3-2-4-15(14)18;1-11-3-5-16-15(18-11)6-4-14(19-16)10-13-7-8-17-12(2)9-13;1-10-3-4-14(16-8-10)17-6-5-12-7-11(2)15-9-13(12)17/h4-11H,1-3H3;3-12H,1-2H3;2-9H,19H2,1H3;2-10H,1H3;2-10H,18H2,1H3;3-9H,10H2,1-2H3;3-9H,1-2H3/b;5-3+,6-4+;;;;;. The summed E-state index contributed by atoms with van der Waals surface area (Å²) in [6.07, 6.45) is 40.7. The molecule has 0 aliphatic carbocycles. The van der Waals surface area contributed by atoms with Crippen LogP contribution in [-0.2, 0) is 6.42 Å². The number of nitrogen functional groups attached to an aromatic ring is 2. The molecule has 0 saturated carbocycles. The van der Waals surface area contributed by atoms with E-state index in [2.05, 4.69) is 122 Å². The van der Waals surface area contributed by atoms with Gasteiger partial charge in [-0.05, 0) is 291 Å². The Morgan fingerprint density at radius 1 is 0.342 bits per heavy atom. The number of anilines is 3. The van der Waals surface area contributed by atoms with Crippen LogP contribution in [0.4, 0.5) is 30.2 Å². The van der Waals surface area contributed by atoms with E-state index in [0.29, 0.717) is 16.9 Å². The predicted octanol–water partition coefficient (Wildman–Crippen LogP) is 26.2. The maximum absolute atomic E-state index is 14.3. The Labute approximate surface area is 843 Å². The van der Waals surface area contributed by atoms with E-state index < -0.39 is 5.82 Å². The lowest BCUT2D eigenvalue weighted by atomic mass is 10.1. The van der Waals surface area contributed by atoms with E-state index in [-0.39, 0.29) is 17.3 Å². The van der Waals surface area contributed by atoms with Gasteiger partial charge in [0.05, 0.1) is 98.3 Å². The van der Waals surface area contributed by atoms with E-state index in [1.54, 1.807) is 66.2 Å². The van der Waals surface area contributed by atoms with Crippen molar-refractivity contribution in [3.63, 3.8) is 0 Å². The van der Waals surface area contributed by atoms with Gasteiger partial charge in [-0.25, -0.2) is 43.1 Å². The molecule has 25 rings (SSSR count). The summed E-state index contributed by atoms with van der Waals surface area (Å²) in [4.78, 5) is 68.1. The fraction of sp³-hybridized carbons (Fsp3) is 0.110. The maximum atomic E-state index is 14.3. The maximum Gasteiger partial charge on any atom is 0.147 e. The third kappa shape index (κ3) is 21.9. The molecule has 0 amide bonds. The number of nitrogens with two attached hydrogens (primary N) is 2. The Kier molecular flexibility index (Phi) is 28.1. The molecule has 720 valence electrons. The third-order valence-corrected chi connectivity index (χ3v) is 25.5. The van der Waals surface area contributed by atoms with E-state index in [1.165, 1.54) is 40.8 Å². The minimum Gasteiger partial charge on any atom is -0.497 e. The summed E-state index contributed by atoms with van der Waals surface area (Å²) in [5.74, 6) is 3.93. The highest BCUT2D eigenvalue weighted by Crippen LogP contribution is 2.35. The second kappa shape index (κ2) is 42.5. The lowest BCUT2D eigenvalue weighted by molar-refractivity contribution is 0.415. The van der Waals surface area contributed by atoms with Crippen LogP contribution in [0.3, 0.4) is 0 Å². The normalized spacial score (nSPS) is 11.3. The number of rotatable bonds is 12. The quantitative estimate of drug-likeness (QED) is 0.0849. The molecule has 25 aromatic rings. The van der Waals surface area contributed by atoms with Crippen molar-refractivity contribution in [2.75, 3.05) is 37.6 Å². The van der Waals surface area contributed by atoms with Crippen molar-refractivity contribution in [1.29, 1.82) is 0 Å². The van der Waals surface area contributed by atoms with Gasteiger partial charge >= 0.3 is 0 Å². The number of pyridine rings is 14. The van der Waals surface area contributed by atoms with Crippen molar-refractivity contribution < 1.29 is 17.9 Å². The highest BCUT2D eigenvalue weighted by atomic mass is 32.1. The molecule has 0 spiro atoms. The van der Waals surface area contributed by atoms with Crippen molar-refractivity contribution in [3.05, 3.63) is 432 Å². The Balaban J connectivity index is 0.000000108. The van der Waals surface area contributed by atoms with Gasteiger partial charge in [-0.15, -0.1) is 11.3 Å². The number of nitrogens with zero attached hydrogens (tertiary/aromatic N) is 21. The molecule has 0 bridgehead atoms. The molecule has 20 heterocycles. The van der Waals surface area contributed by atoms with Crippen LogP contribution in [0.15, 0.2) is 342 Å². The van der Waals surface area contributed by atoms with Gasteiger partial charge in [-0.2, -0.15) is 0 Å². The first kappa shape index (κ1) is 96.4. The Morgan fingerprint density at radius 3 is 1.36 bits per heavy atom. The van der Waals surface area contributed by atoms with Crippen molar-refractivity contribution in [2.24, 2.45) is 0 Å². The number of hydrogen-bond acceptors (Lipinski definition) is 20. The molecule has 28 heteroatoms. The van der Waals surface area contributed by atoms with Gasteiger partial charge in [0.15, 0.2) is 0 Å². The predicted molar refractivity (Wildman–Crippen MR) is 585 cm³/mol. The molecule has 0 aliphatic heterocycles. The van der Waals surface area contributed by atoms with Crippen LogP contribution in [0.2, 0.25) is 0 Å². The minimum atomic E-state index is -0.417. The number of halogens is 3. The first-order valence-electron chi connectivity index (χ1n) is 47.1. The van der Waals surface area contributed by atoms with Crippen molar-refractivity contribution in [2.45, 2.75) is 68.7 Å². The summed E-state index contributed by atoms with van der Waals surface area (Å²) >= 11 is 1.65. The van der Waals surface area contributed by atoms with Crippen molar-refractivity contribution >= 4 is 159 Å². The smallest absolute Gasteiger partial charge is 0.147 e. The Bertz CT molecular complexity index is 9220. The van der Waals surface area contributed by atoms with Gasteiger partial charge in [-0.1, -0.05) is 42.5 Å². The number of methoxy groups -OCH3 is 1. The number of benzene rings is 5. The monoisotopic (exact) mass is 1940 g/mol. The van der Waals surface area contributed by atoms with Crippen LogP contribution in [0.5, 0.6) is 5.75 Å². The third-order valence-electron chi connectivity index (χ3n) is 24.6. The molecule has 0 aliphatic rings. The molecule has 0 radical (unpaired) electrons. The second-order valence-corrected chi connectivity index (χ2v) is 36.6. The Hall–Kier alpha value is -18.4. The van der Waals surface area contributed by atoms with E-state index in [9.17, 15) is 13.2 Å². The second-order valence-electron chi connectivity index (χ2n) is 35.6. The fourth-order valence-corrected chi connectivity index (χ4v) is 18.0. The van der Waals surface area contributed by atoms with Crippen molar-refractivity contribution in [3.8, 4) is 34.8 Å². The number of hydrogen-bond donors (Lipinski definition) is 2. The van der Waals surface area contributed by atoms with E-state index in [0.717, 1.165) is 211 Å². The molecular formula is C118H100F3N23OS. The molecule has 0 atom stereocenters. The SMILES string of the molecule is COc1ccc2nc(/C=C/C=C/c3ccc(C)nc3)sc2c1.Cc1cc(Cc2ccc3nc(C)ccc3n2)ccn1.Cc1cc2ccn(-c3cc4c(N(C)C)c(F)ccc4cn3)c2cn1.Cc1cc2ccn(-c3cc4c(N)c(F)ccc4cn3)c2cn1.Cc1cc2ccn(-c3cc4c(N)cccc4cn3)c2cn1.Cc1cc2ccn(-c3cc4cc(F)ccc4cn3)c2cn1.Cc1ccc(-n2ccc3cc(C)ncc32)nc1. The Morgan fingerprint density at radius 2 is 0.815 bits per heavy atom. The average molecular weight is 1950 g/mol. The number of aromatic nitrogens is 20. The van der Waals surface area contributed by atoms with Crippen LogP contribution < -0.4 is 21.1 Å². The summed E-state index contributed by atoms with van der Waals surface area (Å²) in [7, 11) is 5.36. The van der Waals surface area contributed by atoms with E-state index in [1.807, 2.05) is 339 Å². The summed E-state index contributed by atoms with van der Waals surface area (Å²) < 4.78 is 57.6. The zero-order valence-electron chi connectivity index (χ0n) is 82.2. The van der Waals surface area contributed by atoms with Crippen LogP contribution in [0.25, 0.3) is 160 Å². The first-order valence-corrected chi connectivity index (χ1v) is 47.9. The molecule has 0 fully saturated rings. The van der Waals surface area contributed by atoms with Gasteiger partial charge in [0, 0.05) is 216 Å². The zero-order valence-corrected chi connectivity index (χ0v) is 83.0. The average Bonchev–Trinajstić information content (AvgIpc) is 1.56. The van der Waals surface area contributed by atoms with Gasteiger partial charge in [0.25, 0.3) is 0 Å². The molecule has 24 nitrogen and oxygen atoms in total. The van der Waals surface area contributed by atoms with Crippen LogP contribution >= 0.6 is 11.3 Å². The minimum absolute atomic E-state index is 0.145. The van der Waals surface area contributed by atoms with E-state index in [4.69, 9.17) is 16.2 Å². The molecule has 0 unspecified atom stereocenters. The molecule has 5 aromatic carbocycles. The van der Waals surface area contributed by atoms with Gasteiger partial charge < -0.3 is 21.1 Å². The highest BCUT2D eigenvalue weighted by Gasteiger charge is 2.18. The van der Waals surface area contributed by atoms with Gasteiger partial charge in [0.2, 0.25) is 0 Å². The summed E-state index contributed by atoms with van der Waals surface area (Å²) in [6.45, 7) is 17.9. The first-order chi connectivity index (χ1) is 70.8. The largest absolute Gasteiger partial charge is 0.497 e. The lowest BCUT2D eigenvalue weighted by Gasteiger charge is -2.17. The number of allylic oxidation sites excluding steroid dienone is 2. The van der Waals surface area contributed by atoms with Gasteiger partial charge in [-0.3, -0.25) is 67.7 Å². The molecule has 20 aromatic heterocycles. The number of thiazole rings is 1. The number of ether oxygens (including phenoxy) is 1. The van der Waals surface area contributed by atoms with Crippen LogP contribution in [0.1, 0.15) is 72.9 Å². The molecule has 0 saturated heterocycles. The fourth-order valence-electron chi connectivity index (χ4n) is 17.1. The summed E-state index contributed by atoms with van der Waals surface area (Å²) in [6, 6.07) is 71.3. The molecular weight excluding hydrogens is 1840 g/mol. The topological polar surface area (TPSA) is 283 Å². The summed E-state index contributed by atoms with van der Waals surface area (Å²) in [5.41, 5.74) is 33.9. The lowest BCUT2D eigenvalue weighted by Crippen LogP contribution is -2.11. The highest BCUT2D eigenvalue weighted by molar-refractivity contribution is 7.19. The molecule has 146 heavy (non-hydrogen) atoms. The summed E-state index contributed by atoms with van der Waals surface area (Å²) in [5, 5.41) is 13.7. The number of aryl methyl sites for hydroxylation is 9. The number of fused-ring (bicyclic) bond motifs is 11. The van der Waals surface area contributed by atoms with Crippen molar-refractivity contribution in [1.82, 2.24) is 97.6 Å². The van der Waals surface area contributed by atoms with Crippen LogP contribution in [0, 0.1) is 79.8 Å². The van der Waals surface area contributed by atoms with Crippen LogP contribution in [-0.4, -0.2) is 119 Å². The zero-order chi connectivity index (χ0) is 101. The van der Waals surface area contributed by atoms with E-state index >= 15 is 0 Å².